The zero-order chi connectivity index (χ0) is 20.3. The van der Waals surface area contributed by atoms with E-state index in [0.29, 0.717) is 29.6 Å². The summed E-state index contributed by atoms with van der Waals surface area (Å²) >= 11 is 0. The molecule has 28 heavy (non-hydrogen) atoms. The fourth-order valence-electron chi connectivity index (χ4n) is 7.76. The van der Waals surface area contributed by atoms with Gasteiger partial charge in [0.1, 0.15) is 0 Å². The molecule has 0 heterocycles. The van der Waals surface area contributed by atoms with Crippen LogP contribution in [0.4, 0.5) is 0 Å². The van der Waals surface area contributed by atoms with Crippen LogP contribution >= 0.6 is 0 Å². The molecule has 0 bridgehead atoms. The van der Waals surface area contributed by atoms with Crippen LogP contribution in [0.1, 0.15) is 66.7 Å². The molecule has 4 aliphatic rings. The van der Waals surface area contributed by atoms with Gasteiger partial charge in [0.25, 0.3) is 0 Å². The van der Waals surface area contributed by atoms with Crippen molar-refractivity contribution >= 4 is 5.78 Å². The Morgan fingerprint density at radius 2 is 1.89 bits per heavy atom. The summed E-state index contributed by atoms with van der Waals surface area (Å²) in [6.07, 6.45) is 15.9. The Labute approximate surface area is 171 Å². The normalized spacial score (nSPS) is 46.3. The number of allylic oxidation sites excluding steroid dienone is 6. The number of hydrogen-bond acceptors (Lipinski definition) is 2. The number of hydrogen-bond donors (Lipinski definition) is 1. The molecule has 0 radical (unpaired) electrons. The molecule has 0 spiro atoms. The standard InChI is InChI=1S/C26H38O2/c1-16(2)6-7-17(3)21-10-11-22-20-9-8-18-14-19(27)12-13-25(18,4)24(20)23(28)15-26(21,22)5/h6-7,12-14,16-17,20-24,28H,8-11,15H2,1-5H3/b7-6+/t17-,20+,21-,22+,23?,24-,25+,26-/m1/s1. The molecule has 4 rings (SSSR count). The third-order valence-electron chi connectivity index (χ3n) is 9.00. The van der Waals surface area contributed by atoms with Gasteiger partial charge in [0.05, 0.1) is 6.10 Å². The molecule has 0 aromatic heterocycles. The van der Waals surface area contributed by atoms with Gasteiger partial charge in [-0.15, -0.1) is 0 Å². The highest BCUT2D eigenvalue weighted by molar-refractivity contribution is 6.01. The van der Waals surface area contributed by atoms with Crippen molar-refractivity contribution in [2.24, 2.45) is 46.3 Å². The summed E-state index contributed by atoms with van der Waals surface area (Å²) in [5.74, 6) is 3.48. The van der Waals surface area contributed by atoms with Crippen molar-refractivity contribution in [3.8, 4) is 0 Å². The van der Waals surface area contributed by atoms with Crippen LogP contribution in [0.15, 0.2) is 36.0 Å². The summed E-state index contributed by atoms with van der Waals surface area (Å²) in [5.41, 5.74) is 1.35. The van der Waals surface area contributed by atoms with Gasteiger partial charge < -0.3 is 5.11 Å². The summed E-state index contributed by atoms with van der Waals surface area (Å²) in [5, 5.41) is 11.4. The van der Waals surface area contributed by atoms with E-state index in [4.69, 9.17) is 0 Å². The second-order valence-corrected chi connectivity index (χ2v) is 11.0. The predicted octanol–water partition coefficient (Wildman–Crippen LogP) is 5.73. The van der Waals surface area contributed by atoms with E-state index in [1.165, 1.54) is 18.4 Å². The Morgan fingerprint density at radius 3 is 2.61 bits per heavy atom. The largest absolute Gasteiger partial charge is 0.393 e. The van der Waals surface area contributed by atoms with Crippen molar-refractivity contribution in [3.05, 3.63) is 36.0 Å². The molecule has 3 fully saturated rings. The zero-order valence-corrected chi connectivity index (χ0v) is 18.3. The molecule has 0 saturated heterocycles. The summed E-state index contributed by atoms with van der Waals surface area (Å²) in [6, 6.07) is 0. The Bertz CT molecular complexity index is 729. The van der Waals surface area contributed by atoms with Crippen molar-refractivity contribution in [1.82, 2.24) is 0 Å². The lowest BCUT2D eigenvalue weighted by Gasteiger charge is -2.59. The van der Waals surface area contributed by atoms with E-state index in [9.17, 15) is 9.90 Å². The van der Waals surface area contributed by atoms with Gasteiger partial charge in [0, 0.05) is 11.3 Å². The third-order valence-corrected chi connectivity index (χ3v) is 9.00. The highest BCUT2D eigenvalue weighted by atomic mass is 16.3. The van der Waals surface area contributed by atoms with Crippen LogP contribution in [0.25, 0.3) is 0 Å². The summed E-state index contributed by atoms with van der Waals surface area (Å²) in [4.78, 5) is 11.9. The number of ketones is 1. The minimum absolute atomic E-state index is 0.118. The summed E-state index contributed by atoms with van der Waals surface area (Å²) < 4.78 is 0. The maximum absolute atomic E-state index is 11.9. The van der Waals surface area contributed by atoms with Crippen LogP contribution in [0.2, 0.25) is 0 Å². The fourth-order valence-corrected chi connectivity index (χ4v) is 7.76. The van der Waals surface area contributed by atoms with E-state index in [1.54, 1.807) is 6.08 Å². The van der Waals surface area contributed by atoms with Gasteiger partial charge in [-0.3, -0.25) is 4.79 Å². The number of aliphatic hydroxyl groups excluding tert-OH is 1. The van der Waals surface area contributed by atoms with Crippen LogP contribution in [-0.4, -0.2) is 17.0 Å². The molecule has 0 aromatic carbocycles. The average molecular weight is 383 g/mol. The van der Waals surface area contributed by atoms with Crippen LogP contribution < -0.4 is 0 Å². The van der Waals surface area contributed by atoms with Gasteiger partial charge in [-0.1, -0.05) is 58.4 Å². The number of rotatable bonds is 3. The van der Waals surface area contributed by atoms with Crippen LogP contribution in [0.5, 0.6) is 0 Å². The van der Waals surface area contributed by atoms with Crippen molar-refractivity contribution in [2.45, 2.75) is 72.8 Å². The minimum atomic E-state index is -0.278. The van der Waals surface area contributed by atoms with Crippen LogP contribution in [-0.2, 0) is 4.79 Å². The van der Waals surface area contributed by atoms with Gasteiger partial charge in [-0.25, -0.2) is 0 Å². The van der Waals surface area contributed by atoms with Crippen molar-refractivity contribution < 1.29 is 9.90 Å². The molecule has 0 aliphatic heterocycles. The van der Waals surface area contributed by atoms with E-state index < -0.39 is 0 Å². The Hall–Kier alpha value is -1.15. The molecule has 2 nitrogen and oxygen atoms in total. The molecule has 8 atom stereocenters. The highest BCUT2D eigenvalue weighted by Gasteiger charge is 2.61. The van der Waals surface area contributed by atoms with Gasteiger partial charge >= 0.3 is 0 Å². The maximum Gasteiger partial charge on any atom is 0.178 e. The van der Waals surface area contributed by atoms with Gasteiger partial charge in [0.15, 0.2) is 5.78 Å². The lowest BCUT2D eigenvalue weighted by Crippen LogP contribution is -2.56. The van der Waals surface area contributed by atoms with E-state index >= 15 is 0 Å². The molecular formula is C26H38O2. The Kier molecular flexibility index (Phi) is 5.01. The van der Waals surface area contributed by atoms with Crippen LogP contribution in [0.3, 0.4) is 0 Å². The quantitative estimate of drug-likeness (QED) is 0.633. The molecule has 0 aromatic rings. The van der Waals surface area contributed by atoms with Gasteiger partial charge in [0.2, 0.25) is 0 Å². The molecule has 4 aliphatic carbocycles. The third kappa shape index (κ3) is 2.98. The van der Waals surface area contributed by atoms with Crippen molar-refractivity contribution in [2.75, 3.05) is 0 Å². The fraction of sp³-hybridized carbons (Fsp3) is 0.731. The second kappa shape index (κ2) is 6.97. The first-order valence-electron chi connectivity index (χ1n) is 11.5. The number of aliphatic hydroxyl groups is 1. The molecule has 3 saturated carbocycles. The smallest absolute Gasteiger partial charge is 0.178 e. The lowest BCUT2D eigenvalue weighted by atomic mass is 9.46. The number of fused-ring (bicyclic) bond motifs is 5. The minimum Gasteiger partial charge on any atom is -0.393 e. The summed E-state index contributed by atoms with van der Waals surface area (Å²) in [6.45, 7) is 11.6. The first kappa shape index (κ1) is 20.1. The highest BCUT2D eigenvalue weighted by Crippen LogP contribution is 2.66. The van der Waals surface area contributed by atoms with E-state index in [0.717, 1.165) is 19.3 Å². The maximum atomic E-state index is 11.9. The van der Waals surface area contributed by atoms with Gasteiger partial charge in [-0.05, 0) is 79.3 Å². The lowest BCUT2D eigenvalue weighted by molar-refractivity contribution is -0.120. The van der Waals surface area contributed by atoms with Crippen LogP contribution in [0, 0.1) is 46.3 Å². The monoisotopic (exact) mass is 382 g/mol. The predicted molar refractivity (Wildman–Crippen MR) is 115 cm³/mol. The van der Waals surface area contributed by atoms with Crippen molar-refractivity contribution in [1.29, 1.82) is 0 Å². The SMILES string of the molecule is CC(C)/C=C/[C@@H](C)[C@H]1CC[C@H]2[C@@H]3CCC4=CC(=O)C=C[C@]4(C)[C@H]3C(O)C[C@]12C. The molecule has 2 heteroatoms. The number of carbonyl (C=O) groups is 1. The zero-order valence-electron chi connectivity index (χ0n) is 18.3. The molecule has 0 amide bonds. The number of carbonyl (C=O) groups excluding carboxylic acids is 1. The van der Waals surface area contributed by atoms with Gasteiger partial charge in [-0.2, -0.15) is 0 Å². The molecule has 154 valence electrons. The topological polar surface area (TPSA) is 37.3 Å². The van der Waals surface area contributed by atoms with Crippen molar-refractivity contribution in [3.63, 3.8) is 0 Å². The Morgan fingerprint density at radius 1 is 1.14 bits per heavy atom. The Balaban J connectivity index is 1.63. The summed E-state index contributed by atoms with van der Waals surface area (Å²) in [7, 11) is 0. The first-order chi connectivity index (χ1) is 13.2. The molecule has 1 N–H and O–H groups in total. The average Bonchev–Trinajstić information content (AvgIpc) is 2.96. The van der Waals surface area contributed by atoms with E-state index in [-0.39, 0.29) is 28.6 Å². The molecule has 1 unspecified atom stereocenters. The second-order valence-electron chi connectivity index (χ2n) is 11.0. The van der Waals surface area contributed by atoms with E-state index in [2.05, 4.69) is 52.8 Å². The molecular weight excluding hydrogens is 344 g/mol. The van der Waals surface area contributed by atoms with E-state index in [1.807, 2.05) is 6.08 Å². The first-order valence-corrected chi connectivity index (χ1v) is 11.5.